The molecule has 0 spiro atoms. The maximum atomic E-state index is 13.6. The first-order chi connectivity index (χ1) is 13.9. The number of fused-ring (bicyclic) bond motifs is 5. The predicted octanol–water partition coefficient (Wildman–Crippen LogP) is 3.58. The van der Waals surface area contributed by atoms with E-state index in [1.807, 2.05) is 35.2 Å². The van der Waals surface area contributed by atoms with Gasteiger partial charge in [0.2, 0.25) is 11.8 Å². The lowest BCUT2D eigenvalue weighted by atomic mass is 9.84. The molecule has 5 rings (SSSR count). The van der Waals surface area contributed by atoms with E-state index in [-0.39, 0.29) is 16.5 Å². The topological polar surface area (TPSA) is 57.7 Å². The average molecular weight is 411 g/mol. The average Bonchev–Trinajstić information content (AvgIpc) is 3.17. The van der Waals surface area contributed by atoms with E-state index in [4.69, 9.17) is 11.6 Å². The molecule has 2 aromatic carbocycles. The van der Waals surface area contributed by atoms with Crippen LogP contribution in [0, 0.1) is 17.7 Å². The molecule has 3 aliphatic rings. The minimum absolute atomic E-state index is 0.171. The van der Waals surface area contributed by atoms with Crippen LogP contribution in [0.3, 0.4) is 0 Å². The summed E-state index contributed by atoms with van der Waals surface area (Å²) < 4.78 is 13.6. The third kappa shape index (κ3) is 2.42. The highest BCUT2D eigenvalue weighted by Crippen LogP contribution is 2.53. The first-order valence-electron chi connectivity index (χ1n) is 9.28. The summed E-state index contributed by atoms with van der Waals surface area (Å²) in [5, 5.41) is -0.171. The number of Topliss-reactive ketones (excluding diaryl/α,β-unsaturated/α-hetero) is 1. The lowest BCUT2D eigenvalue weighted by Crippen LogP contribution is -2.43. The minimum atomic E-state index is -0.801. The Kier molecular flexibility index (Phi) is 3.90. The van der Waals surface area contributed by atoms with Crippen molar-refractivity contribution in [1.29, 1.82) is 0 Å². The van der Waals surface area contributed by atoms with E-state index >= 15 is 0 Å². The smallest absolute Gasteiger partial charge is 0.240 e. The van der Waals surface area contributed by atoms with E-state index in [9.17, 15) is 18.8 Å². The van der Waals surface area contributed by atoms with Crippen LogP contribution in [0.2, 0.25) is 5.02 Å². The SMILES string of the molecule is CC(=O)[C@@H]1[C@@H]2C(=O)N(c3ccc(F)c(Cl)c3)C(=O)[C@@H]2[C@@H]2c3ccccc3C=CN12. The number of ketones is 1. The van der Waals surface area contributed by atoms with Gasteiger partial charge in [-0.3, -0.25) is 14.4 Å². The summed E-state index contributed by atoms with van der Waals surface area (Å²) in [5.41, 5.74) is 2.09. The lowest BCUT2D eigenvalue weighted by molar-refractivity contribution is -0.129. The molecular weight excluding hydrogens is 395 g/mol. The van der Waals surface area contributed by atoms with Gasteiger partial charge in [0.1, 0.15) is 5.82 Å². The van der Waals surface area contributed by atoms with Crippen molar-refractivity contribution in [3.8, 4) is 0 Å². The first kappa shape index (κ1) is 18.1. The van der Waals surface area contributed by atoms with Gasteiger partial charge in [-0.2, -0.15) is 0 Å². The summed E-state index contributed by atoms with van der Waals surface area (Å²) >= 11 is 5.87. The fourth-order valence-corrected chi connectivity index (χ4v) is 5.07. The van der Waals surface area contributed by atoms with Gasteiger partial charge in [0.05, 0.1) is 34.6 Å². The van der Waals surface area contributed by atoms with Gasteiger partial charge < -0.3 is 4.90 Å². The number of carbonyl (C=O) groups excluding carboxylic acids is 3. The second-order valence-electron chi connectivity index (χ2n) is 7.55. The molecule has 29 heavy (non-hydrogen) atoms. The monoisotopic (exact) mass is 410 g/mol. The molecule has 2 amide bonds. The van der Waals surface area contributed by atoms with Gasteiger partial charge in [-0.15, -0.1) is 0 Å². The Morgan fingerprint density at radius 1 is 1.07 bits per heavy atom. The summed E-state index contributed by atoms with van der Waals surface area (Å²) in [6.45, 7) is 1.44. The van der Waals surface area contributed by atoms with Gasteiger partial charge in [-0.25, -0.2) is 9.29 Å². The number of hydrogen-bond acceptors (Lipinski definition) is 4. The molecule has 3 aliphatic heterocycles. The Morgan fingerprint density at radius 3 is 2.52 bits per heavy atom. The van der Waals surface area contributed by atoms with E-state index in [1.54, 1.807) is 6.20 Å². The van der Waals surface area contributed by atoms with Gasteiger partial charge in [0.25, 0.3) is 0 Å². The molecule has 0 saturated carbocycles. The summed E-state index contributed by atoms with van der Waals surface area (Å²) in [6.07, 6.45) is 3.70. The van der Waals surface area contributed by atoms with Crippen molar-refractivity contribution in [1.82, 2.24) is 4.90 Å². The summed E-state index contributed by atoms with van der Waals surface area (Å²) in [6, 6.07) is 10.3. The summed E-state index contributed by atoms with van der Waals surface area (Å²) in [4.78, 5) is 42.2. The number of halogens is 2. The van der Waals surface area contributed by atoms with Crippen molar-refractivity contribution >= 4 is 41.0 Å². The molecule has 3 heterocycles. The molecule has 0 bridgehead atoms. The zero-order valence-electron chi connectivity index (χ0n) is 15.4. The number of amides is 2. The fraction of sp³-hybridized carbons (Fsp3) is 0.227. The predicted molar refractivity (Wildman–Crippen MR) is 105 cm³/mol. The molecule has 7 heteroatoms. The van der Waals surface area contributed by atoms with Crippen LogP contribution in [0.1, 0.15) is 24.1 Å². The number of imide groups is 1. The van der Waals surface area contributed by atoms with E-state index in [1.165, 1.54) is 19.1 Å². The Morgan fingerprint density at radius 2 is 1.79 bits per heavy atom. The Labute approximate surface area is 171 Å². The molecule has 2 saturated heterocycles. The molecule has 0 N–H and O–H groups in total. The van der Waals surface area contributed by atoms with Crippen LogP contribution in [-0.2, 0) is 14.4 Å². The number of carbonyl (C=O) groups is 3. The van der Waals surface area contributed by atoms with Crippen molar-refractivity contribution in [3.63, 3.8) is 0 Å². The van der Waals surface area contributed by atoms with Gasteiger partial charge in [-0.1, -0.05) is 35.9 Å². The highest BCUT2D eigenvalue weighted by atomic mass is 35.5. The number of nitrogens with zero attached hydrogens (tertiary/aromatic N) is 2. The van der Waals surface area contributed by atoms with Crippen molar-refractivity contribution in [2.24, 2.45) is 11.8 Å². The van der Waals surface area contributed by atoms with Crippen LogP contribution in [-0.4, -0.2) is 28.5 Å². The Balaban J connectivity index is 1.65. The normalized spacial score (nSPS) is 27.1. The third-order valence-corrected chi connectivity index (χ3v) is 6.33. The highest BCUT2D eigenvalue weighted by Gasteiger charge is 2.63. The molecule has 2 fully saturated rings. The molecular formula is C22H16ClFN2O3. The van der Waals surface area contributed by atoms with Gasteiger partial charge in [0.15, 0.2) is 5.78 Å². The molecule has 4 atom stereocenters. The maximum absolute atomic E-state index is 13.6. The number of rotatable bonds is 2. The molecule has 0 aromatic heterocycles. The largest absolute Gasteiger partial charge is 0.359 e. The second-order valence-corrected chi connectivity index (χ2v) is 7.96. The zero-order chi connectivity index (χ0) is 20.4. The highest BCUT2D eigenvalue weighted by molar-refractivity contribution is 6.31. The van der Waals surface area contributed by atoms with Crippen molar-refractivity contribution in [2.45, 2.75) is 19.0 Å². The van der Waals surface area contributed by atoms with Crippen LogP contribution in [0.5, 0.6) is 0 Å². The molecule has 5 nitrogen and oxygen atoms in total. The summed E-state index contributed by atoms with van der Waals surface area (Å²) in [5.74, 6) is -3.16. The van der Waals surface area contributed by atoms with E-state index in [0.717, 1.165) is 22.1 Å². The number of hydrogen-bond donors (Lipinski definition) is 0. The Bertz CT molecular complexity index is 1110. The van der Waals surface area contributed by atoms with Crippen LogP contribution < -0.4 is 4.90 Å². The van der Waals surface area contributed by atoms with Crippen molar-refractivity contribution < 1.29 is 18.8 Å². The van der Waals surface area contributed by atoms with Gasteiger partial charge in [-0.05, 0) is 42.3 Å². The van der Waals surface area contributed by atoms with E-state index in [0.29, 0.717) is 0 Å². The maximum Gasteiger partial charge on any atom is 0.240 e. The number of anilines is 1. The lowest BCUT2D eigenvalue weighted by Gasteiger charge is -2.34. The second kappa shape index (κ2) is 6.26. The van der Waals surface area contributed by atoms with Crippen LogP contribution in [0.25, 0.3) is 6.08 Å². The Hall–Kier alpha value is -2.99. The van der Waals surface area contributed by atoms with Crippen molar-refractivity contribution in [2.75, 3.05) is 4.90 Å². The zero-order valence-corrected chi connectivity index (χ0v) is 16.1. The van der Waals surface area contributed by atoms with Gasteiger partial charge in [0, 0.05) is 6.20 Å². The minimum Gasteiger partial charge on any atom is -0.359 e. The van der Waals surface area contributed by atoms with Gasteiger partial charge >= 0.3 is 0 Å². The first-order valence-corrected chi connectivity index (χ1v) is 9.66. The van der Waals surface area contributed by atoms with E-state index in [2.05, 4.69) is 0 Å². The van der Waals surface area contributed by atoms with Crippen molar-refractivity contribution in [3.05, 3.63) is 70.6 Å². The molecule has 0 aliphatic carbocycles. The number of benzene rings is 2. The third-order valence-electron chi connectivity index (χ3n) is 6.04. The quantitative estimate of drug-likeness (QED) is 0.710. The molecule has 0 unspecified atom stereocenters. The van der Waals surface area contributed by atoms with Crippen LogP contribution in [0.4, 0.5) is 10.1 Å². The van der Waals surface area contributed by atoms with Crippen LogP contribution >= 0.6 is 11.6 Å². The fourth-order valence-electron chi connectivity index (χ4n) is 4.90. The molecule has 2 aromatic rings. The van der Waals surface area contributed by atoms with Crippen LogP contribution in [0.15, 0.2) is 48.7 Å². The summed E-state index contributed by atoms with van der Waals surface area (Å²) in [7, 11) is 0. The molecule has 146 valence electrons. The standard InChI is InChI=1S/C22H16ClFN2O3/c1-11(27)19-17-18(20-14-5-3-2-4-12(14)8-9-25(19)20)22(29)26(21(17)28)13-6-7-16(24)15(23)10-13/h2-10,17-20H,1H3/t17-,18+,19-,20+/m1/s1. The van der Waals surface area contributed by atoms with E-state index < -0.39 is 41.6 Å². The molecule has 0 radical (unpaired) electrons.